The maximum atomic E-state index is 5.85. The molecule has 0 amide bonds. The van der Waals surface area contributed by atoms with Crippen LogP contribution < -0.4 is 16.7 Å². The molecule has 0 atom stereocenters. The van der Waals surface area contributed by atoms with E-state index in [2.05, 4.69) is 26.0 Å². The molecule has 0 aliphatic carbocycles. The summed E-state index contributed by atoms with van der Waals surface area (Å²) >= 11 is 3.30. The predicted octanol–water partition coefficient (Wildman–Crippen LogP) is 1.45. The van der Waals surface area contributed by atoms with E-state index in [9.17, 15) is 0 Å². The fraction of sp³-hybridized carbons (Fsp3) is 0.333. The highest BCUT2D eigenvalue weighted by Crippen LogP contribution is 2.14. The average Bonchev–Trinajstić information content (AvgIpc) is 2.19. The maximum Gasteiger partial charge on any atom is 0.148 e. The number of pyridine rings is 1. The molecule has 0 spiro atoms. The highest BCUT2D eigenvalue weighted by molar-refractivity contribution is 9.10. The van der Waals surface area contributed by atoms with Gasteiger partial charge in [-0.3, -0.25) is 0 Å². The number of nitrogens with two attached hydrogens (primary N) is 2. The molecule has 1 rings (SSSR count). The number of anilines is 1. The standard InChI is InChI=1S/C9H14BrN5/c1-6(2)9(14-11)15(12)8-4-3-7(10)5-13-8/h3-6H,11-12H2,1-2H3/b14-9-. The molecule has 82 valence electrons. The van der Waals surface area contributed by atoms with Crippen molar-refractivity contribution in [2.45, 2.75) is 13.8 Å². The zero-order valence-corrected chi connectivity index (χ0v) is 10.3. The lowest BCUT2D eigenvalue weighted by atomic mass is 10.2. The Labute approximate surface area is 97.3 Å². The first-order chi connectivity index (χ1) is 7.06. The van der Waals surface area contributed by atoms with Crippen LogP contribution >= 0.6 is 15.9 Å². The molecular formula is C9H14BrN5. The van der Waals surface area contributed by atoms with Crippen LogP contribution in [0.1, 0.15) is 13.8 Å². The second kappa shape index (κ2) is 5.09. The fourth-order valence-corrected chi connectivity index (χ4v) is 1.35. The minimum absolute atomic E-state index is 0.144. The summed E-state index contributed by atoms with van der Waals surface area (Å²) in [6, 6.07) is 3.65. The minimum atomic E-state index is 0.144. The SMILES string of the molecule is CC(C)/C(=N/N)N(N)c1ccc(Br)cn1. The van der Waals surface area contributed by atoms with Gasteiger partial charge in [0.1, 0.15) is 11.7 Å². The Morgan fingerprint density at radius 3 is 2.60 bits per heavy atom. The van der Waals surface area contributed by atoms with Crippen LogP contribution in [0.3, 0.4) is 0 Å². The number of amidine groups is 1. The zero-order chi connectivity index (χ0) is 11.4. The van der Waals surface area contributed by atoms with E-state index in [0.29, 0.717) is 11.7 Å². The van der Waals surface area contributed by atoms with Crippen molar-refractivity contribution in [2.75, 3.05) is 5.01 Å². The van der Waals surface area contributed by atoms with E-state index >= 15 is 0 Å². The van der Waals surface area contributed by atoms with Crippen molar-refractivity contribution < 1.29 is 0 Å². The van der Waals surface area contributed by atoms with Gasteiger partial charge in [-0.2, -0.15) is 5.10 Å². The Kier molecular flexibility index (Phi) is 4.05. The van der Waals surface area contributed by atoms with E-state index < -0.39 is 0 Å². The van der Waals surface area contributed by atoms with Gasteiger partial charge in [-0.15, -0.1) is 0 Å². The molecule has 4 N–H and O–H groups in total. The summed E-state index contributed by atoms with van der Waals surface area (Å²) in [4.78, 5) is 4.15. The van der Waals surface area contributed by atoms with Crippen molar-refractivity contribution in [3.05, 3.63) is 22.8 Å². The van der Waals surface area contributed by atoms with Gasteiger partial charge in [0, 0.05) is 16.6 Å². The minimum Gasteiger partial charge on any atom is -0.322 e. The third-order valence-corrected chi connectivity index (χ3v) is 2.32. The Morgan fingerprint density at radius 2 is 2.20 bits per heavy atom. The smallest absolute Gasteiger partial charge is 0.148 e. The number of aromatic nitrogens is 1. The number of nitrogens with zero attached hydrogens (tertiary/aromatic N) is 3. The first-order valence-electron chi connectivity index (χ1n) is 4.50. The van der Waals surface area contributed by atoms with Gasteiger partial charge in [0.25, 0.3) is 0 Å². The largest absolute Gasteiger partial charge is 0.322 e. The first kappa shape index (κ1) is 11.9. The fourth-order valence-electron chi connectivity index (χ4n) is 1.12. The summed E-state index contributed by atoms with van der Waals surface area (Å²) in [7, 11) is 0. The Bertz CT molecular complexity index is 346. The van der Waals surface area contributed by atoms with E-state index in [1.165, 1.54) is 5.01 Å². The topological polar surface area (TPSA) is 80.5 Å². The molecule has 0 saturated heterocycles. The molecule has 15 heavy (non-hydrogen) atoms. The first-order valence-corrected chi connectivity index (χ1v) is 5.29. The van der Waals surface area contributed by atoms with Gasteiger partial charge < -0.3 is 5.84 Å². The third kappa shape index (κ3) is 2.90. The average molecular weight is 272 g/mol. The molecule has 0 fully saturated rings. The number of halogens is 1. The van der Waals surface area contributed by atoms with Gasteiger partial charge in [-0.25, -0.2) is 15.8 Å². The van der Waals surface area contributed by atoms with Crippen molar-refractivity contribution in [2.24, 2.45) is 22.7 Å². The number of hydrogen-bond acceptors (Lipinski definition) is 4. The molecule has 6 heteroatoms. The third-order valence-electron chi connectivity index (χ3n) is 1.85. The highest BCUT2D eigenvalue weighted by Gasteiger charge is 2.14. The summed E-state index contributed by atoms with van der Waals surface area (Å²) in [5, 5.41) is 5.04. The number of hydrazone groups is 1. The zero-order valence-electron chi connectivity index (χ0n) is 8.68. The molecule has 0 aromatic carbocycles. The van der Waals surface area contributed by atoms with Gasteiger partial charge in [0.2, 0.25) is 0 Å². The summed E-state index contributed by atoms with van der Waals surface area (Å²) in [6.45, 7) is 3.93. The van der Waals surface area contributed by atoms with Gasteiger partial charge in [-0.05, 0) is 28.1 Å². The molecule has 1 aromatic rings. The van der Waals surface area contributed by atoms with Crippen LogP contribution in [0.4, 0.5) is 5.82 Å². The molecule has 1 heterocycles. The van der Waals surface area contributed by atoms with Crippen molar-refractivity contribution in [3.63, 3.8) is 0 Å². The van der Waals surface area contributed by atoms with Crippen molar-refractivity contribution >= 4 is 27.6 Å². The normalized spacial score (nSPS) is 11.9. The summed E-state index contributed by atoms with van der Waals surface area (Å²) in [5.74, 6) is 12.5. The molecular weight excluding hydrogens is 258 g/mol. The van der Waals surface area contributed by atoms with Crippen molar-refractivity contribution in [3.8, 4) is 0 Å². The second-order valence-corrected chi connectivity index (χ2v) is 4.26. The Hall–Kier alpha value is -1.14. The van der Waals surface area contributed by atoms with Crippen LogP contribution in [0.15, 0.2) is 27.9 Å². The Morgan fingerprint density at radius 1 is 1.53 bits per heavy atom. The molecule has 0 bridgehead atoms. The predicted molar refractivity (Wildman–Crippen MR) is 65.1 cm³/mol. The van der Waals surface area contributed by atoms with Crippen LogP contribution in [-0.4, -0.2) is 10.8 Å². The highest BCUT2D eigenvalue weighted by atomic mass is 79.9. The van der Waals surface area contributed by atoms with Crippen LogP contribution in [0.5, 0.6) is 0 Å². The summed E-state index contributed by atoms with van der Waals surface area (Å²) in [5.41, 5.74) is 0. The molecule has 0 aliphatic heterocycles. The monoisotopic (exact) mass is 271 g/mol. The lowest BCUT2D eigenvalue weighted by Gasteiger charge is -2.21. The molecule has 5 nitrogen and oxygen atoms in total. The molecule has 0 aliphatic rings. The maximum absolute atomic E-state index is 5.85. The van der Waals surface area contributed by atoms with E-state index in [0.717, 1.165) is 4.47 Å². The second-order valence-electron chi connectivity index (χ2n) is 3.35. The molecule has 1 aromatic heterocycles. The van der Waals surface area contributed by atoms with Gasteiger partial charge in [0.15, 0.2) is 0 Å². The van der Waals surface area contributed by atoms with E-state index in [4.69, 9.17) is 11.7 Å². The van der Waals surface area contributed by atoms with Gasteiger partial charge in [0.05, 0.1) is 0 Å². The van der Waals surface area contributed by atoms with E-state index in [1.54, 1.807) is 12.3 Å². The lowest BCUT2D eigenvalue weighted by molar-refractivity contribution is 0.831. The van der Waals surface area contributed by atoms with Crippen LogP contribution in [0.25, 0.3) is 0 Å². The molecule has 0 saturated carbocycles. The number of hydrogen-bond donors (Lipinski definition) is 2. The van der Waals surface area contributed by atoms with Crippen molar-refractivity contribution in [1.29, 1.82) is 0 Å². The number of hydrazine groups is 1. The van der Waals surface area contributed by atoms with Gasteiger partial charge >= 0.3 is 0 Å². The molecule has 0 radical (unpaired) electrons. The van der Waals surface area contributed by atoms with Crippen LogP contribution in [-0.2, 0) is 0 Å². The van der Waals surface area contributed by atoms with E-state index in [1.807, 2.05) is 19.9 Å². The number of rotatable bonds is 2. The van der Waals surface area contributed by atoms with Crippen LogP contribution in [0, 0.1) is 5.92 Å². The lowest BCUT2D eigenvalue weighted by Crippen LogP contribution is -2.41. The summed E-state index contributed by atoms with van der Waals surface area (Å²) < 4.78 is 0.899. The quantitative estimate of drug-likeness (QED) is 0.369. The van der Waals surface area contributed by atoms with Gasteiger partial charge in [-0.1, -0.05) is 13.8 Å². The summed E-state index contributed by atoms with van der Waals surface area (Å²) in [6.07, 6.45) is 1.67. The molecule has 0 unspecified atom stereocenters. The van der Waals surface area contributed by atoms with E-state index in [-0.39, 0.29) is 5.92 Å². The van der Waals surface area contributed by atoms with Crippen LogP contribution in [0.2, 0.25) is 0 Å². The van der Waals surface area contributed by atoms with Crippen molar-refractivity contribution in [1.82, 2.24) is 4.98 Å². The Balaban J connectivity index is 2.93.